The van der Waals surface area contributed by atoms with E-state index in [0.29, 0.717) is 22.4 Å². The highest BCUT2D eigenvalue weighted by Crippen LogP contribution is 2.17. The molecule has 0 radical (unpaired) electrons. The van der Waals surface area contributed by atoms with Crippen molar-refractivity contribution in [2.75, 3.05) is 5.73 Å². The van der Waals surface area contributed by atoms with E-state index in [1.54, 1.807) is 36.4 Å². The number of anilines is 1. The van der Waals surface area contributed by atoms with Crippen molar-refractivity contribution in [1.29, 1.82) is 5.26 Å². The van der Waals surface area contributed by atoms with Crippen LogP contribution in [-0.2, 0) is 0 Å². The van der Waals surface area contributed by atoms with Gasteiger partial charge in [0.1, 0.15) is 0 Å². The van der Waals surface area contributed by atoms with E-state index in [2.05, 4.69) is 0 Å². The lowest BCUT2D eigenvalue weighted by molar-refractivity contribution is 0.103. The van der Waals surface area contributed by atoms with Crippen molar-refractivity contribution in [3.8, 4) is 6.07 Å². The Labute approximate surface area is 99.1 Å². The SMILES string of the molecule is N#Cc1ccc(N)cc1C(=O)c1ccccc1. The van der Waals surface area contributed by atoms with Gasteiger partial charge in [-0.15, -0.1) is 0 Å². The summed E-state index contributed by atoms with van der Waals surface area (Å²) in [5, 5.41) is 8.96. The molecule has 2 aromatic rings. The minimum absolute atomic E-state index is 0.186. The van der Waals surface area contributed by atoms with E-state index < -0.39 is 0 Å². The summed E-state index contributed by atoms with van der Waals surface area (Å²) in [7, 11) is 0. The fraction of sp³-hybridized carbons (Fsp3) is 0. The molecule has 0 aliphatic heterocycles. The third-order valence-corrected chi connectivity index (χ3v) is 2.44. The van der Waals surface area contributed by atoms with Gasteiger partial charge in [0.05, 0.1) is 11.6 Å². The highest BCUT2D eigenvalue weighted by molar-refractivity contribution is 6.10. The number of benzene rings is 2. The molecule has 0 heterocycles. The van der Waals surface area contributed by atoms with Crippen LogP contribution in [-0.4, -0.2) is 5.78 Å². The summed E-state index contributed by atoms with van der Waals surface area (Å²) < 4.78 is 0. The van der Waals surface area contributed by atoms with E-state index in [9.17, 15) is 4.79 Å². The molecular formula is C14H10N2O. The Balaban J connectivity index is 2.52. The molecule has 2 rings (SSSR count). The maximum absolute atomic E-state index is 12.2. The highest BCUT2D eigenvalue weighted by atomic mass is 16.1. The molecule has 17 heavy (non-hydrogen) atoms. The van der Waals surface area contributed by atoms with Crippen molar-refractivity contribution in [1.82, 2.24) is 0 Å². The molecule has 0 aromatic heterocycles. The normalized spacial score (nSPS) is 9.59. The summed E-state index contributed by atoms with van der Waals surface area (Å²) in [5.74, 6) is -0.186. The summed E-state index contributed by atoms with van der Waals surface area (Å²) in [6, 6.07) is 15.5. The number of rotatable bonds is 2. The Morgan fingerprint density at radius 3 is 2.47 bits per heavy atom. The number of hydrogen-bond acceptors (Lipinski definition) is 3. The molecule has 3 nitrogen and oxygen atoms in total. The first-order valence-corrected chi connectivity index (χ1v) is 5.12. The molecule has 0 fully saturated rings. The third-order valence-electron chi connectivity index (χ3n) is 2.44. The summed E-state index contributed by atoms with van der Waals surface area (Å²) in [6.07, 6.45) is 0. The second kappa shape index (κ2) is 4.50. The van der Waals surface area contributed by atoms with Gasteiger partial charge in [-0.3, -0.25) is 4.79 Å². The van der Waals surface area contributed by atoms with Gasteiger partial charge in [-0.1, -0.05) is 30.3 Å². The molecule has 0 saturated heterocycles. The van der Waals surface area contributed by atoms with Crippen molar-refractivity contribution in [3.05, 3.63) is 65.2 Å². The maximum Gasteiger partial charge on any atom is 0.194 e. The number of carbonyl (C=O) groups excluding carboxylic acids is 1. The Morgan fingerprint density at radius 2 is 1.82 bits per heavy atom. The standard InChI is InChI=1S/C14H10N2O/c15-9-11-6-7-12(16)8-13(11)14(17)10-4-2-1-3-5-10/h1-8H,16H2. The van der Waals surface area contributed by atoms with Crippen LogP contribution in [0.5, 0.6) is 0 Å². The molecule has 0 bridgehead atoms. The number of nitriles is 1. The lowest BCUT2D eigenvalue weighted by atomic mass is 9.98. The number of carbonyl (C=O) groups is 1. The number of nitrogens with zero attached hydrogens (tertiary/aromatic N) is 1. The Morgan fingerprint density at radius 1 is 1.12 bits per heavy atom. The first-order chi connectivity index (χ1) is 8.22. The molecule has 0 aliphatic carbocycles. The van der Waals surface area contributed by atoms with Crippen molar-refractivity contribution >= 4 is 11.5 Å². The average Bonchev–Trinajstić information content (AvgIpc) is 2.39. The minimum Gasteiger partial charge on any atom is -0.399 e. The van der Waals surface area contributed by atoms with E-state index in [-0.39, 0.29) is 5.78 Å². The number of hydrogen-bond donors (Lipinski definition) is 1. The average molecular weight is 222 g/mol. The van der Waals surface area contributed by atoms with Gasteiger partial charge in [0.25, 0.3) is 0 Å². The van der Waals surface area contributed by atoms with E-state index in [0.717, 1.165) is 0 Å². The zero-order valence-electron chi connectivity index (χ0n) is 9.05. The van der Waals surface area contributed by atoms with Crippen LogP contribution in [0, 0.1) is 11.3 Å². The summed E-state index contributed by atoms with van der Waals surface area (Å²) in [6.45, 7) is 0. The number of nitrogens with two attached hydrogens (primary N) is 1. The fourth-order valence-electron chi connectivity index (χ4n) is 1.59. The fourth-order valence-corrected chi connectivity index (χ4v) is 1.59. The van der Waals surface area contributed by atoms with Crippen LogP contribution in [0.2, 0.25) is 0 Å². The molecule has 3 heteroatoms. The summed E-state index contributed by atoms with van der Waals surface area (Å²) in [5.41, 5.74) is 7.35. The smallest absolute Gasteiger partial charge is 0.194 e. The van der Waals surface area contributed by atoms with Gasteiger partial charge in [-0.25, -0.2) is 0 Å². The molecule has 2 N–H and O–H groups in total. The van der Waals surface area contributed by atoms with E-state index in [4.69, 9.17) is 11.0 Å². The first-order valence-electron chi connectivity index (χ1n) is 5.12. The molecule has 0 aliphatic rings. The van der Waals surface area contributed by atoms with Gasteiger partial charge in [0, 0.05) is 16.8 Å². The van der Waals surface area contributed by atoms with Crippen LogP contribution >= 0.6 is 0 Å². The molecule has 0 saturated carbocycles. The summed E-state index contributed by atoms with van der Waals surface area (Å²) >= 11 is 0. The quantitative estimate of drug-likeness (QED) is 0.626. The maximum atomic E-state index is 12.2. The highest BCUT2D eigenvalue weighted by Gasteiger charge is 2.13. The number of nitrogen functional groups attached to an aromatic ring is 1. The molecular weight excluding hydrogens is 212 g/mol. The van der Waals surface area contributed by atoms with Gasteiger partial charge in [-0.05, 0) is 18.2 Å². The molecule has 2 aromatic carbocycles. The monoisotopic (exact) mass is 222 g/mol. The predicted molar refractivity (Wildman–Crippen MR) is 65.4 cm³/mol. The van der Waals surface area contributed by atoms with Crippen LogP contribution in [0.25, 0.3) is 0 Å². The lowest BCUT2D eigenvalue weighted by Crippen LogP contribution is -2.04. The largest absolute Gasteiger partial charge is 0.399 e. The summed E-state index contributed by atoms with van der Waals surface area (Å²) in [4.78, 5) is 12.2. The van der Waals surface area contributed by atoms with E-state index in [1.165, 1.54) is 6.07 Å². The molecule has 0 spiro atoms. The van der Waals surface area contributed by atoms with Crippen LogP contribution in [0.15, 0.2) is 48.5 Å². The second-order valence-corrected chi connectivity index (χ2v) is 3.61. The minimum atomic E-state index is -0.186. The molecule has 0 unspecified atom stereocenters. The van der Waals surface area contributed by atoms with Crippen LogP contribution in [0.1, 0.15) is 21.5 Å². The van der Waals surface area contributed by atoms with Gasteiger partial charge in [0.15, 0.2) is 5.78 Å². The van der Waals surface area contributed by atoms with Crippen molar-refractivity contribution in [3.63, 3.8) is 0 Å². The van der Waals surface area contributed by atoms with Crippen LogP contribution < -0.4 is 5.73 Å². The van der Waals surface area contributed by atoms with Gasteiger partial charge < -0.3 is 5.73 Å². The Kier molecular flexibility index (Phi) is 2.89. The van der Waals surface area contributed by atoms with Gasteiger partial charge >= 0.3 is 0 Å². The lowest BCUT2D eigenvalue weighted by Gasteiger charge is -2.04. The van der Waals surface area contributed by atoms with E-state index in [1.807, 2.05) is 12.1 Å². The first kappa shape index (κ1) is 10.9. The molecule has 0 amide bonds. The van der Waals surface area contributed by atoms with Crippen LogP contribution in [0.4, 0.5) is 5.69 Å². The predicted octanol–water partition coefficient (Wildman–Crippen LogP) is 2.37. The van der Waals surface area contributed by atoms with Gasteiger partial charge in [-0.2, -0.15) is 5.26 Å². The third kappa shape index (κ3) is 2.16. The van der Waals surface area contributed by atoms with Crippen molar-refractivity contribution < 1.29 is 4.79 Å². The number of ketones is 1. The Hall–Kier alpha value is -2.60. The topological polar surface area (TPSA) is 66.9 Å². The van der Waals surface area contributed by atoms with Gasteiger partial charge in [0.2, 0.25) is 0 Å². The van der Waals surface area contributed by atoms with E-state index >= 15 is 0 Å². The molecule has 0 atom stereocenters. The molecule has 82 valence electrons. The van der Waals surface area contributed by atoms with Crippen molar-refractivity contribution in [2.45, 2.75) is 0 Å². The van der Waals surface area contributed by atoms with Crippen molar-refractivity contribution in [2.24, 2.45) is 0 Å². The zero-order valence-corrected chi connectivity index (χ0v) is 9.05. The zero-order chi connectivity index (χ0) is 12.3. The Bertz CT molecular complexity index is 597. The second-order valence-electron chi connectivity index (χ2n) is 3.61. The van der Waals surface area contributed by atoms with Crippen LogP contribution in [0.3, 0.4) is 0 Å².